The molecule has 0 spiro atoms. The SMILES string of the molecule is Cc1cc(C)nc(NS(=O)(=O)c2ccc(NC(=O)C3(C)COC3)cc2)n1. The average molecular weight is 376 g/mol. The van der Waals surface area contributed by atoms with Gasteiger partial charge >= 0.3 is 0 Å². The van der Waals surface area contributed by atoms with Crippen LogP contribution in [-0.4, -0.2) is 37.5 Å². The zero-order valence-corrected chi connectivity index (χ0v) is 15.6. The summed E-state index contributed by atoms with van der Waals surface area (Å²) in [5.41, 5.74) is 1.32. The summed E-state index contributed by atoms with van der Waals surface area (Å²) in [5.74, 6) is -0.126. The number of rotatable bonds is 5. The Kier molecular flexibility index (Phi) is 4.68. The molecule has 1 aliphatic rings. The van der Waals surface area contributed by atoms with E-state index in [9.17, 15) is 13.2 Å². The Labute approximate surface area is 152 Å². The van der Waals surface area contributed by atoms with E-state index >= 15 is 0 Å². The fourth-order valence-electron chi connectivity index (χ4n) is 2.49. The molecule has 1 fully saturated rings. The largest absolute Gasteiger partial charge is 0.379 e. The van der Waals surface area contributed by atoms with Gasteiger partial charge in [0.2, 0.25) is 11.9 Å². The summed E-state index contributed by atoms with van der Waals surface area (Å²) in [4.78, 5) is 20.4. The number of sulfonamides is 1. The Balaban J connectivity index is 1.73. The first-order valence-electron chi connectivity index (χ1n) is 8.02. The number of nitrogens with zero attached hydrogens (tertiary/aromatic N) is 2. The second kappa shape index (κ2) is 6.65. The highest BCUT2D eigenvalue weighted by Gasteiger charge is 2.41. The van der Waals surface area contributed by atoms with Gasteiger partial charge in [0.15, 0.2) is 0 Å². The third kappa shape index (κ3) is 3.83. The van der Waals surface area contributed by atoms with Crippen LogP contribution < -0.4 is 10.0 Å². The average Bonchev–Trinajstić information content (AvgIpc) is 2.51. The van der Waals surface area contributed by atoms with Crippen molar-refractivity contribution in [1.82, 2.24) is 9.97 Å². The van der Waals surface area contributed by atoms with Crippen LogP contribution in [0.1, 0.15) is 18.3 Å². The molecule has 2 N–H and O–H groups in total. The van der Waals surface area contributed by atoms with E-state index in [1.54, 1.807) is 19.9 Å². The van der Waals surface area contributed by atoms with E-state index in [4.69, 9.17) is 4.74 Å². The molecular weight excluding hydrogens is 356 g/mol. The lowest BCUT2D eigenvalue weighted by Gasteiger charge is -2.36. The molecule has 0 unspecified atom stereocenters. The summed E-state index contributed by atoms with van der Waals surface area (Å²) in [6.45, 7) is 6.10. The highest BCUT2D eigenvalue weighted by Crippen LogP contribution is 2.28. The number of benzene rings is 1. The molecule has 2 aromatic rings. The molecule has 1 aromatic carbocycles. The molecule has 0 saturated carbocycles. The number of hydrogen-bond acceptors (Lipinski definition) is 6. The van der Waals surface area contributed by atoms with Gasteiger partial charge in [0, 0.05) is 17.1 Å². The monoisotopic (exact) mass is 376 g/mol. The molecule has 1 aliphatic heterocycles. The topological polar surface area (TPSA) is 110 Å². The van der Waals surface area contributed by atoms with Crippen molar-refractivity contribution in [3.05, 3.63) is 41.7 Å². The molecule has 2 heterocycles. The van der Waals surface area contributed by atoms with Gasteiger partial charge in [-0.3, -0.25) is 4.79 Å². The lowest BCUT2D eigenvalue weighted by atomic mass is 9.87. The first kappa shape index (κ1) is 18.3. The Morgan fingerprint density at radius 1 is 1.12 bits per heavy atom. The maximum atomic E-state index is 12.5. The highest BCUT2D eigenvalue weighted by molar-refractivity contribution is 7.92. The fourth-order valence-corrected chi connectivity index (χ4v) is 3.43. The van der Waals surface area contributed by atoms with Gasteiger partial charge < -0.3 is 10.1 Å². The third-order valence-electron chi connectivity index (χ3n) is 4.02. The van der Waals surface area contributed by atoms with Crippen LogP contribution in [-0.2, 0) is 19.6 Å². The summed E-state index contributed by atoms with van der Waals surface area (Å²) in [5, 5.41) is 2.77. The second-order valence-electron chi connectivity index (χ2n) is 6.61. The van der Waals surface area contributed by atoms with Crippen molar-refractivity contribution in [3.8, 4) is 0 Å². The van der Waals surface area contributed by atoms with Gasteiger partial charge in [0.25, 0.3) is 10.0 Å². The van der Waals surface area contributed by atoms with Gasteiger partial charge in [-0.1, -0.05) is 0 Å². The van der Waals surface area contributed by atoms with E-state index in [1.807, 2.05) is 6.92 Å². The normalized spacial score (nSPS) is 15.8. The predicted octanol–water partition coefficient (Wildman–Crippen LogP) is 1.87. The lowest BCUT2D eigenvalue weighted by molar-refractivity contribution is -0.151. The number of anilines is 2. The minimum absolute atomic E-state index is 0.0257. The van der Waals surface area contributed by atoms with Crippen molar-refractivity contribution < 1.29 is 17.9 Å². The van der Waals surface area contributed by atoms with E-state index in [0.29, 0.717) is 30.3 Å². The van der Waals surface area contributed by atoms with E-state index in [2.05, 4.69) is 20.0 Å². The van der Waals surface area contributed by atoms with Crippen LogP contribution in [0.15, 0.2) is 35.2 Å². The van der Waals surface area contributed by atoms with E-state index in [-0.39, 0.29) is 16.8 Å². The van der Waals surface area contributed by atoms with Gasteiger partial charge in [-0.2, -0.15) is 0 Å². The minimum Gasteiger partial charge on any atom is -0.379 e. The van der Waals surface area contributed by atoms with Crippen molar-refractivity contribution in [2.45, 2.75) is 25.7 Å². The standard InChI is InChI=1S/C17H20N4O4S/c1-11-8-12(2)19-16(18-11)21-26(23,24)14-6-4-13(5-7-14)20-15(22)17(3)9-25-10-17/h4-8H,9-10H2,1-3H3,(H,20,22)(H,18,19,21). The predicted molar refractivity (Wildman–Crippen MR) is 96.3 cm³/mol. The van der Waals surface area contributed by atoms with Gasteiger partial charge in [-0.05, 0) is 51.1 Å². The molecule has 0 atom stereocenters. The van der Waals surface area contributed by atoms with Crippen LogP contribution in [0.4, 0.5) is 11.6 Å². The fraction of sp³-hybridized carbons (Fsp3) is 0.353. The van der Waals surface area contributed by atoms with Crippen LogP contribution in [0.2, 0.25) is 0 Å². The summed E-state index contributed by atoms with van der Waals surface area (Å²) in [6.07, 6.45) is 0. The van der Waals surface area contributed by atoms with Crippen LogP contribution in [0.25, 0.3) is 0 Å². The van der Waals surface area contributed by atoms with Gasteiger partial charge in [0.05, 0.1) is 23.5 Å². The zero-order valence-electron chi connectivity index (χ0n) is 14.7. The Bertz CT molecular complexity index is 917. The maximum absolute atomic E-state index is 12.5. The highest BCUT2D eigenvalue weighted by atomic mass is 32.2. The molecular formula is C17H20N4O4S. The number of hydrogen-bond donors (Lipinski definition) is 2. The van der Waals surface area contributed by atoms with Crippen molar-refractivity contribution in [1.29, 1.82) is 0 Å². The maximum Gasteiger partial charge on any atom is 0.264 e. The van der Waals surface area contributed by atoms with Crippen molar-refractivity contribution in [3.63, 3.8) is 0 Å². The molecule has 0 aliphatic carbocycles. The third-order valence-corrected chi connectivity index (χ3v) is 5.36. The molecule has 8 nitrogen and oxygen atoms in total. The number of aryl methyl sites for hydroxylation is 2. The number of aromatic nitrogens is 2. The van der Waals surface area contributed by atoms with Crippen LogP contribution in [0, 0.1) is 19.3 Å². The van der Waals surface area contributed by atoms with Crippen LogP contribution in [0.3, 0.4) is 0 Å². The Morgan fingerprint density at radius 3 is 2.19 bits per heavy atom. The number of carbonyl (C=O) groups is 1. The van der Waals surface area contributed by atoms with Crippen molar-refractivity contribution in [2.75, 3.05) is 23.3 Å². The van der Waals surface area contributed by atoms with Gasteiger partial charge in [0.1, 0.15) is 0 Å². The quantitative estimate of drug-likeness (QED) is 0.824. The molecule has 1 aromatic heterocycles. The molecule has 0 bridgehead atoms. The molecule has 138 valence electrons. The summed E-state index contributed by atoms with van der Waals surface area (Å²) >= 11 is 0. The number of amides is 1. The summed E-state index contributed by atoms with van der Waals surface area (Å²) in [7, 11) is -3.82. The Morgan fingerprint density at radius 2 is 1.69 bits per heavy atom. The minimum atomic E-state index is -3.82. The summed E-state index contributed by atoms with van der Waals surface area (Å²) < 4.78 is 32.4. The molecule has 3 rings (SSSR count). The molecule has 1 amide bonds. The molecule has 1 saturated heterocycles. The first-order valence-corrected chi connectivity index (χ1v) is 9.51. The molecule has 26 heavy (non-hydrogen) atoms. The number of nitrogens with one attached hydrogen (secondary N) is 2. The smallest absolute Gasteiger partial charge is 0.264 e. The van der Waals surface area contributed by atoms with Crippen molar-refractivity contribution in [2.24, 2.45) is 5.41 Å². The van der Waals surface area contributed by atoms with Crippen LogP contribution >= 0.6 is 0 Å². The second-order valence-corrected chi connectivity index (χ2v) is 8.29. The molecule has 9 heteroatoms. The van der Waals surface area contributed by atoms with Gasteiger partial charge in [-0.25, -0.2) is 23.1 Å². The Hall–Kier alpha value is -2.52. The van der Waals surface area contributed by atoms with Crippen LogP contribution in [0.5, 0.6) is 0 Å². The first-order chi connectivity index (χ1) is 12.2. The zero-order chi connectivity index (χ0) is 18.9. The van der Waals surface area contributed by atoms with E-state index in [0.717, 1.165) is 0 Å². The molecule has 0 radical (unpaired) electrons. The summed E-state index contributed by atoms with van der Waals surface area (Å²) in [6, 6.07) is 7.67. The van der Waals surface area contributed by atoms with E-state index < -0.39 is 15.4 Å². The van der Waals surface area contributed by atoms with Gasteiger partial charge in [-0.15, -0.1) is 0 Å². The number of ether oxygens (including phenoxy) is 1. The van der Waals surface area contributed by atoms with Crippen molar-refractivity contribution >= 4 is 27.6 Å². The lowest BCUT2D eigenvalue weighted by Crippen LogP contribution is -2.49. The number of carbonyl (C=O) groups excluding carboxylic acids is 1. The van der Waals surface area contributed by atoms with E-state index in [1.165, 1.54) is 24.3 Å².